The van der Waals surface area contributed by atoms with Crippen molar-refractivity contribution in [2.24, 2.45) is 0 Å². The van der Waals surface area contributed by atoms with E-state index < -0.39 is 10.0 Å². The highest BCUT2D eigenvalue weighted by Gasteiger charge is 2.20. The Hall–Kier alpha value is -0.760. The maximum Gasteiger partial charge on any atom is 0.272 e. The Morgan fingerprint density at radius 1 is 1.35 bits per heavy atom. The summed E-state index contributed by atoms with van der Waals surface area (Å²) in [5.74, 6) is 0.724. The van der Waals surface area contributed by atoms with Crippen LogP contribution >= 0.6 is 39.0 Å². The van der Waals surface area contributed by atoms with Gasteiger partial charge in [0, 0.05) is 15.1 Å². The van der Waals surface area contributed by atoms with Crippen molar-refractivity contribution in [2.75, 3.05) is 10.5 Å². The molecule has 1 aromatic heterocycles. The SMILES string of the molecule is C=CCSc1ccccc1NS(=O)(=O)c1sccc1Br. The van der Waals surface area contributed by atoms with Gasteiger partial charge >= 0.3 is 0 Å². The van der Waals surface area contributed by atoms with Crippen LogP contribution in [0.4, 0.5) is 5.69 Å². The van der Waals surface area contributed by atoms with Gasteiger partial charge in [0.15, 0.2) is 4.21 Å². The van der Waals surface area contributed by atoms with Gasteiger partial charge in [-0.15, -0.1) is 29.7 Å². The molecule has 0 aliphatic heterocycles. The van der Waals surface area contributed by atoms with Crippen molar-refractivity contribution in [3.63, 3.8) is 0 Å². The Bertz CT molecular complexity index is 710. The van der Waals surface area contributed by atoms with Crippen molar-refractivity contribution in [1.82, 2.24) is 0 Å². The quantitative estimate of drug-likeness (QED) is 0.580. The van der Waals surface area contributed by atoms with E-state index in [4.69, 9.17) is 0 Å². The maximum atomic E-state index is 12.3. The van der Waals surface area contributed by atoms with Gasteiger partial charge in [0.05, 0.1) is 5.69 Å². The molecule has 1 heterocycles. The molecular formula is C13H12BrNO2S3. The molecule has 1 aromatic carbocycles. The zero-order valence-corrected chi connectivity index (χ0v) is 14.4. The minimum atomic E-state index is -3.57. The van der Waals surface area contributed by atoms with Crippen molar-refractivity contribution < 1.29 is 8.42 Å². The molecule has 1 N–H and O–H groups in total. The topological polar surface area (TPSA) is 46.2 Å². The summed E-state index contributed by atoms with van der Waals surface area (Å²) in [7, 11) is -3.57. The number of anilines is 1. The first-order valence-electron chi connectivity index (χ1n) is 5.63. The van der Waals surface area contributed by atoms with E-state index in [0.29, 0.717) is 10.2 Å². The highest BCUT2D eigenvalue weighted by Crippen LogP contribution is 2.32. The molecule has 0 radical (unpaired) electrons. The van der Waals surface area contributed by atoms with Crippen LogP contribution < -0.4 is 4.72 Å². The Labute approximate surface area is 135 Å². The molecule has 0 aliphatic rings. The first-order valence-corrected chi connectivity index (χ1v) is 9.77. The summed E-state index contributed by atoms with van der Waals surface area (Å²) >= 11 is 5.96. The lowest BCUT2D eigenvalue weighted by Gasteiger charge is -2.11. The number of benzene rings is 1. The van der Waals surface area contributed by atoms with E-state index in [0.717, 1.165) is 10.6 Å². The third-order valence-corrected chi connectivity index (χ3v) is 7.42. The van der Waals surface area contributed by atoms with E-state index in [2.05, 4.69) is 27.2 Å². The molecule has 0 bridgehead atoms. The lowest BCUT2D eigenvalue weighted by atomic mass is 10.3. The number of thioether (sulfide) groups is 1. The number of thiophene rings is 1. The van der Waals surface area contributed by atoms with Gasteiger partial charge in [-0.05, 0) is 39.5 Å². The highest BCUT2D eigenvalue weighted by atomic mass is 79.9. The van der Waals surface area contributed by atoms with Gasteiger partial charge in [-0.3, -0.25) is 4.72 Å². The second kappa shape index (κ2) is 6.80. The zero-order valence-electron chi connectivity index (χ0n) is 10.4. The van der Waals surface area contributed by atoms with Crippen molar-refractivity contribution in [3.8, 4) is 0 Å². The van der Waals surface area contributed by atoms with E-state index in [1.54, 1.807) is 29.7 Å². The summed E-state index contributed by atoms with van der Waals surface area (Å²) in [5.41, 5.74) is 0.583. The molecule has 0 atom stereocenters. The maximum absolute atomic E-state index is 12.3. The number of rotatable bonds is 6. The molecule has 0 saturated carbocycles. The monoisotopic (exact) mass is 389 g/mol. The van der Waals surface area contributed by atoms with Crippen LogP contribution in [0.2, 0.25) is 0 Å². The molecular weight excluding hydrogens is 378 g/mol. The number of halogens is 1. The van der Waals surface area contributed by atoms with Crippen LogP contribution in [0, 0.1) is 0 Å². The van der Waals surface area contributed by atoms with Gasteiger partial charge in [0.1, 0.15) is 0 Å². The lowest BCUT2D eigenvalue weighted by molar-refractivity contribution is 0.602. The molecule has 3 nitrogen and oxygen atoms in total. The summed E-state index contributed by atoms with van der Waals surface area (Å²) in [6.07, 6.45) is 1.78. The number of nitrogens with one attached hydrogen (secondary N) is 1. The van der Waals surface area contributed by atoms with Crippen molar-refractivity contribution >= 4 is 54.7 Å². The second-order valence-electron chi connectivity index (χ2n) is 3.76. The van der Waals surface area contributed by atoms with Crippen molar-refractivity contribution in [1.29, 1.82) is 0 Å². The van der Waals surface area contributed by atoms with E-state index in [1.165, 1.54) is 23.1 Å². The molecule has 0 amide bonds. The Morgan fingerprint density at radius 3 is 2.75 bits per heavy atom. The molecule has 2 rings (SSSR count). The van der Waals surface area contributed by atoms with Gasteiger partial charge in [-0.2, -0.15) is 0 Å². The molecule has 2 aromatic rings. The smallest absolute Gasteiger partial charge is 0.272 e. The number of sulfonamides is 1. The predicted molar refractivity (Wildman–Crippen MR) is 90.2 cm³/mol. The molecule has 0 saturated heterocycles. The number of hydrogen-bond donors (Lipinski definition) is 1. The molecule has 0 spiro atoms. The van der Waals surface area contributed by atoms with Gasteiger partial charge in [0.2, 0.25) is 0 Å². The average molecular weight is 390 g/mol. The fourth-order valence-electron chi connectivity index (χ4n) is 1.49. The fraction of sp³-hybridized carbons (Fsp3) is 0.0769. The Kier molecular flexibility index (Phi) is 5.31. The number of hydrogen-bond acceptors (Lipinski definition) is 4. The van der Waals surface area contributed by atoms with E-state index >= 15 is 0 Å². The molecule has 0 fully saturated rings. The summed E-state index contributed by atoms with van der Waals surface area (Å²) in [5, 5.41) is 1.73. The average Bonchev–Trinajstić information content (AvgIpc) is 2.84. The molecule has 7 heteroatoms. The fourth-order valence-corrected chi connectivity index (χ4v) is 5.72. The lowest BCUT2D eigenvalue weighted by Crippen LogP contribution is -2.12. The minimum Gasteiger partial charge on any atom is -0.278 e. The third-order valence-electron chi connectivity index (χ3n) is 2.32. The first-order chi connectivity index (χ1) is 9.54. The number of para-hydroxylation sites is 1. The summed E-state index contributed by atoms with van der Waals surface area (Å²) < 4.78 is 28.2. The minimum absolute atomic E-state index is 0.279. The van der Waals surface area contributed by atoms with Gasteiger partial charge in [-0.1, -0.05) is 18.2 Å². The van der Waals surface area contributed by atoms with Crippen LogP contribution in [0.15, 0.2) is 61.9 Å². The molecule has 106 valence electrons. The zero-order chi connectivity index (χ0) is 14.6. The van der Waals surface area contributed by atoms with Crippen LogP contribution in [0.25, 0.3) is 0 Å². The second-order valence-corrected chi connectivity index (χ2v) is 8.47. The van der Waals surface area contributed by atoms with Crippen molar-refractivity contribution in [3.05, 3.63) is 52.8 Å². The van der Waals surface area contributed by atoms with Crippen molar-refractivity contribution in [2.45, 2.75) is 9.10 Å². The molecule has 0 aliphatic carbocycles. The van der Waals surface area contributed by atoms with E-state index in [9.17, 15) is 8.42 Å². The summed E-state index contributed by atoms with van der Waals surface area (Å²) in [6, 6.07) is 9.04. The van der Waals surface area contributed by atoms with Gasteiger partial charge < -0.3 is 0 Å². The van der Waals surface area contributed by atoms with E-state index in [-0.39, 0.29) is 4.21 Å². The Balaban J connectivity index is 2.30. The normalized spacial score (nSPS) is 11.2. The van der Waals surface area contributed by atoms with Crippen LogP contribution in [0.5, 0.6) is 0 Å². The Morgan fingerprint density at radius 2 is 2.10 bits per heavy atom. The van der Waals surface area contributed by atoms with Gasteiger partial charge in [-0.25, -0.2) is 8.42 Å². The first kappa shape index (κ1) is 15.6. The predicted octanol–water partition coefficient (Wildman–Crippen LogP) is 4.59. The van der Waals surface area contributed by atoms with Gasteiger partial charge in [0.25, 0.3) is 10.0 Å². The summed E-state index contributed by atoms with van der Waals surface area (Å²) in [6.45, 7) is 3.67. The highest BCUT2D eigenvalue weighted by molar-refractivity contribution is 9.10. The van der Waals surface area contributed by atoms with E-state index in [1.807, 2.05) is 12.1 Å². The largest absolute Gasteiger partial charge is 0.278 e. The summed E-state index contributed by atoms with van der Waals surface area (Å²) in [4.78, 5) is 0.878. The van der Waals surface area contributed by atoms with Crippen LogP contribution in [-0.2, 0) is 10.0 Å². The third kappa shape index (κ3) is 3.66. The molecule has 20 heavy (non-hydrogen) atoms. The van der Waals surface area contributed by atoms with Crippen LogP contribution in [-0.4, -0.2) is 14.2 Å². The van der Waals surface area contributed by atoms with Crippen LogP contribution in [0.3, 0.4) is 0 Å². The standard InChI is InChI=1S/C13H12BrNO2S3/c1-2-8-18-12-6-4-3-5-11(12)15-20(16,17)13-10(14)7-9-19-13/h2-7,9,15H,1,8H2. The molecule has 0 unspecified atom stereocenters. The van der Waals surface area contributed by atoms with Crippen LogP contribution in [0.1, 0.15) is 0 Å².